The molecule has 2 N–H and O–H groups in total. The van der Waals surface area contributed by atoms with Crippen LogP contribution in [0.3, 0.4) is 0 Å². The Morgan fingerprint density at radius 1 is 1.50 bits per heavy atom. The average molecular weight is 279 g/mol. The lowest BCUT2D eigenvalue weighted by molar-refractivity contribution is -0.134. The van der Waals surface area contributed by atoms with Crippen molar-refractivity contribution in [2.24, 2.45) is 11.3 Å². The fourth-order valence-electron chi connectivity index (χ4n) is 2.35. The topological polar surface area (TPSA) is 50.4 Å². The van der Waals surface area contributed by atoms with Crippen LogP contribution in [0.4, 0.5) is 0 Å². The molecule has 0 spiro atoms. The number of halogens is 1. The minimum atomic E-state index is -0.321. The predicted molar refractivity (Wildman–Crippen MR) is 76.1 cm³/mol. The van der Waals surface area contributed by atoms with Gasteiger partial charge in [0.1, 0.15) is 6.10 Å². The smallest absolute Gasteiger partial charge is 0.250 e. The third-order valence-corrected chi connectivity index (χ3v) is 2.92. The van der Waals surface area contributed by atoms with Gasteiger partial charge >= 0.3 is 0 Å². The maximum atomic E-state index is 11.9. The summed E-state index contributed by atoms with van der Waals surface area (Å²) in [7, 11) is 0. The Balaban J connectivity index is 0.00000289. The maximum absolute atomic E-state index is 11.9. The molecule has 108 valence electrons. The first-order valence-electron chi connectivity index (χ1n) is 6.51. The molecule has 0 bridgehead atoms. The van der Waals surface area contributed by atoms with Crippen LogP contribution in [-0.2, 0) is 9.53 Å². The van der Waals surface area contributed by atoms with Gasteiger partial charge in [-0.1, -0.05) is 27.7 Å². The van der Waals surface area contributed by atoms with Crippen LogP contribution in [0.2, 0.25) is 0 Å². The molecule has 1 aliphatic heterocycles. The normalized spacial score (nSPS) is 20.4. The fourth-order valence-corrected chi connectivity index (χ4v) is 2.35. The molecule has 18 heavy (non-hydrogen) atoms. The van der Waals surface area contributed by atoms with E-state index in [1.54, 1.807) is 0 Å². The van der Waals surface area contributed by atoms with Gasteiger partial charge in [-0.05, 0) is 17.8 Å². The van der Waals surface area contributed by atoms with Crippen LogP contribution in [0.5, 0.6) is 0 Å². The van der Waals surface area contributed by atoms with Crippen molar-refractivity contribution in [3.8, 4) is 0 Å². The minimum absolute atomic E-state index is 0. The van der Waals surface area contributed by atoms with E-state index in [0.717, 1.165) is 13.0 Å². The van der Waals surface area contributed by atoms with Crippen molar-refractivity contribution in [2.75, 3.05) is 26.2 Å². The van der Waals surface area contributed by atoms with E-state index in [2.05, 4.69) is 38.3 Å². The monoisotopic (exact) mass is 278 g/mol. The molecule has 1 rings (SSSR count). The third-order valence-electron chi connectivity index (χ3n) is 2.92. The molecule has 1 fully saturated rings. The predicted octanol–water partition coefficient (Wildman–Crippen LogP) is 1.59. The second-order valence-corrected chi connectivity index (χ2v) is 6.04. The van der Waals surface area contributed by atoms with Crippen LogP contribution in [0.15, 0.2) is 0 Å². The molecule has 1 heterocycles. The van der Waals surface area contributed by atoms with E-state index < -0.39 is 0 Å². The zero-order valence-corrected chi connectivity index (χ0v) is 12.7. The zero-order valence-electron chi connectivity index (χ0n) is 11.9. The highest BCUT2D eigenvalue weighted by atomic mass is 35.5. The summed E-state index contributed by atoms with van der Waals surface area (Å²) in [5, 5.41) is 6.15. The van der Waals surface area contributed by atoms with Crippen molar-refractivity contribution in [2.45, 2.75) is 40.2 Å². The van der Waals surface area contributed by atoms with Gasteiger partial charge in [0.05, 0.1) is 6.61 Å². The van der Waals surface area contributed by atoms with Gasteiger partial charge in [-0.3, -0.25) is 4.79 Å². The molecule has 1 amide bonds. The molecular weight excluding hydrogens is 252 g/mol. The highest BCUT2D eigenvalue weighted by Gasteiger charge is 2.25. The molecule has 4 nitrogen and oxygen atoms in total. The lowest BCUT2D eigenvalue weighted by atomic mass is 9.84. The first kappa shape index (κ1) is 17.7. The second kappa shape index (κ2) is 7.97. The number of carbonyl (C=O) groups excluding carboxylic acids is 1. The molecular formula is C13H27ClN2O2. The molecule has 5 heteroatoms. The van der Waals surface area contributed by atoms with Crippen LogP contribution >= 0.6 is 12.4 Å². The number of rotatable bonds is 5. The number of hydrogen-bond donors (Lipinski definition) is 2. The number of nitrogens with one attached hydrogen (secondary N) is 2. The summed E-state index contributed by atoms with van der Waals surface area (Å²) in [6, 6.07) is 0. The van der Waals surface area contributed by atoms with Crippen molar-refractivity contribution in [3.63, 3.8) is 0 Å². The molecule has 0 aromatic carbocycles. The van der Waals surface area contributed by atoms with E-state index in [4.69, 9.17) is 4.74 Å². The number of morpholine rings is 1. The molecule has 1 aliphatic rings. The Bertz CT molecular complexity index is 251. The van der Waals surface area contributed by atoms with Gasteiger partial charge in [-0.25, -0.2) is 0 Å². The van der Waals surface area contributed by atoms with Crippen LogP contribution in [0.1, 0.15) is 34.1 Å². The first-order chi connectivity index (χ1) is 7.91. The zero-order chi connectivity index (χ0) is 12.9. The van der Waals surface area contributed by atoms with E-state index >= 15 is 0 Å². The fraction of sp³-hybridized carbons (Fsp3) is 0.923. The quantitative estimate of drug-likeness (QED) is 0.803. The summed E-state index contributed by atoms with van der Waals surface area (Å²) in [5.41, 5.74) is 0.145. The SMILES string of the molecule is CC(C)CC(C)(C)CNC(=O)C1CNCCO1.Cl. The van der Waals surface area contributed by atoms with E-state index in [1.165, 1.54) is 0 Å². The summed E-state index contributed by atoms with van der Waals surface area (Å²) < 4.78 is 5.41. The van der Waals surface area contributed by atoms with Gasteiger partial charge in [-0.2, -0.15) is 0 Å². The molecule has 1 unspecified atom stereocenters. The first-order valence-corrected chi connectivity index (χ1v) is 6.51. The number of amides is 1. The lowest BCUT2D eigenvalue weighted by Crippen LogP contribution is -2.49. The van der Waals surface area contributed by atoms with E-state index in [1.807, 2.05) is 0 Å². The molecule has 1 atom stereocenters. The van der Waals surface area contributed by atoms with Gasteiger partial charge in [0, 0.05) is 19.6 Å². The van der Waals surface area contributed by atoms with Gasteiger partial charge in [0.15, 0.2) is 0 Å². The summed E-state index contributed by atoms with van der Waals surface area (Å²) in [4.78, 5) is 11.9. The molecule has 0 saturated carbocycles. The molecule has 0 aliphatic carbocycles. The van der Waals surface area contributed by atoms with Crippen LogP contribution in [-0.4, -0.2) is 38.3 Å². The van der Waals surface area contributed by atoms with Gasteiger partial charge in [0.2, 0.25) is 5.91 Å². The van der Waals surface area contributed by atoms with Crippen molar-refractivity contribution < 1.29 is 9.53 Å². The summed E-state index contributed by atoms with van der Waals surface area (Å²) in [5.74, 6) is 0.656. The summed E-state index contributed by atoms with van der Waals surface area (Å²) >= 11 is 0. The molecule has 0 aromatic rings. The van der Waals surface area contributed by atoms with Gasteiger partial charge < -0.3 is 15.4 Å². The lowest BCUT2D eigenvalue weighted by Gasteiger charge is -2.29. The standard InChI is InChI=1S/C13H26N2O2.ClH/c1-10(2)7-13(3,4)9-15-12(16)11-8-14-5-6-17-11;/h10-11,14H,5-9H2,1-4H3,(H,15,16);1H. The van der Waals surface area contributed by atoms with Crippen molar-refractivity contribution in [1.82, 2.24) is 10.6 Å². The van der Waals surface area contributed by atoms with Gasteiger partial charge in [-0.15, -0.1) is 12.4 Å². The maximum Gasteiger partial charge on any atom is 0.250 e. The molecule has 0 radical (unpaired) electrons. The highest BCUT2D eigenvalue weighted by molar-refractivity contribution is 5.85. The number of hydrogen-bond acceptors (Lipinski definition) is 3. The summed E-state index contributed by atoms with van der Waals surface area (Å²) in [6.07, 6.45) is 0.787. The molecule has 0 aromatic heterocycles. The van der Waals surface area contributed by atoms with E-state index in [0.29, 0.717) is 25.6 Å². The molecule has 1 saturated heterocycles. The van der Waals surface area contributed by atoms with Crippen molar-refractivity contribution in [1.29, 1.82) is 0 Å². The average Bonchev–Trinajstić information content (AvgIpc) is 2.25. The van der Waals surface area contributed by atoms with E-state index in [-0.39, 0.29) is 29.8 Å². The van der Waals surface area contributed by atoms with Crippen LogP contribution in [0, 0.1) is 11.3 Å². The number of carbonyl (C=O) groups is 1. The second-order valence-electron chi connectivity index (χ2n) is 6.04. The van der Waals surface area contributed by atoms with Crippen molar-refractivity contribution in [3.05, 3.63) is 0 Å². The van der Waals surface area contributed by atoms with Crippen molar-refractivity contribution >= 4 is 18.3 Å². The largest absolute Gasteiger partial charge is 0.366 e. The van der Waals surface area contributed by atoms with E-state index in [9.17, 15) is 4.79 Å². The Morgan fingerprint density at radius 3 is 2.67 bits per heavy atom. The Labute approximate surface area is 117 Å². The Hall–Kier alpha value is -0.320. The minimum Gasteiger partial charge on any atom is -0.366 e. The van der Waals surface area contributed by atoms with Gasteiger partial charge in [0.25, 0.3) is 0 Å². The van der Waals surface area contributed by atoms with Crippen LogP contribution in [0.25, 0.3) is 0 Å². The summed E-state index contributed by atoms with van der Waals surface area (Å²) in [6.45, 7) is 11.6. The Kier molecular flexibility index (Phi) is 7.83. The third kappa shape index (κ3) is 6.57. The van der Waals surface area contributed by atoms with Crippen LogP contribution < -0.4 is 10.6 Å². The Morgan fingerprint density at radius 2 is 2.17 bits per heavy atom. The highest BCUT2D eigenvalue weighted by Crippen LogP contribution is 2.24. The number of ether oxygens (including phenoxy) is 1.